The lowest BCUT2D eigenvalue weighted by atomic mass is 9.85. The second-order valence-electron chi connectivity index (χ2n) is 4.14. The highest BCUT2D eigenvalue weighted by atomic mass is 16.1. The van der Waals surface area contributed by atoms with Crippen molar-refractivity contribution in [1.29, 1.82) is 0 Å². The molecule has 0 aliphatic rings. The third kappa shape index (κ3) is 5.31. The average Bonchev–Trinajstić information content (AvgIpc) is 2.23. The van der Waals surface area contributed by atoms with Gasteiger partial charge in [0.05, 0.1) is 0 Å². The van der Waals surface area contributed by atoms with Crippen molar-refractivity contribution in [3.05, 3.63) is 24.3 Å². The maximum atomic E-state index is 11.6. The van der Waals surface area contributed by atoms with Crippen LogP contribution in [0.1, 0.15) is 40.5 Å². The van der Waals surface area contributed by atoms with E-state index in [-0.39, 0.29) is 17.0 Å². The van der Waals surface area contributed by atoms with Crippen molar-refractivity contribution in [3.8, 4) is 0 Å². The molecule has 0 spiro atoms. The number of carbonyl (C=O) groups is 2. The summed E-state index contributed by atoms with van der Waals surface area (Å²) in [5, 5.41) is 0. The summed E-state index contributed by atoms with van der Waals surface area (Å²) in [5.41, 5.74) is -0.306. The third-order valence-corrected chi connectivity index (χ3v) is 2.54. The van der Waals surface area contributed by atoms with Gasteiger partial charge in [-0.1, -0.05) is 39.8 Å². The Hall–Kier alpha value is -1.18. The van der Waals surface area contributed by atoms with Gasteiger partial charge in [-0.15, -0.1) is 0 Å². The lowest BCUT2D eigenvalue weighted by Gasteiger charge is -2.17. The van der Waals surface area contributed by atoms with Gasteiger partial charge in [0.25, 0.3) is 0 Å². The van der Waals surface area contributed by atoms with Crippen LogP contribution >= 0.6 is 0 Å². The first-order valence-electron chi connectivity index (χ1n) is 5.36. The SMILES string of the molecule is CCC(=O)C=CC=CC(=O)C(C)(C)CC. The summed E-state index contributed by atoms with van der Waals surface area (Å²) >= 11 is 0. The van der Waals surface area contributed by atoms with E-state index in [1.807, 2.05) is 27.7 Å². The zero-order valence-corrected chi connectivity index (χ0v) is 10.0. The minimum Gasteiger partial charge on any atom is -0.295 e. The Bertz CT molecular complexity index is 283. The summed E-state index contributed by atoms with van der Waals surface area (Å²) in [4.78, 5) is 22.5. The summed E-state index contributed by atoms with van der Waals surface area (Å²) in [7, 11) is 0. The van der Waals surface area contributed by atoms with Gasteiger partial charge in [-0.2, -0.15) is 0 Å². The standard InChI is InChI=1S/C13H20O2/c1-5-11(14)9-7-8-10-12(15)13(3,4)6-2/h7-10H,5-6H2,1-4H3. The van der Waals surface area contributed by atoms with Crippen molar-refractivity contribution < 1.29 is 9.59 Å². The Morgan fingerprint density at radius 2 is 1.60 bits per heavy atom. The van der Waals surface area contributed by atoms with Crippen molar-refractivity contribution in [3.63, 3.8) is 0 Å². The molecule has 0 aromatic carbocycles. The predicted octanol–water partition coefficient (Wildman–Crippen LogP) is 3.08. The fraction of sp³-hybridized carbons (Fsp3) is 0.538. The van der Waals surface area contributed by atoms with Gasteiger partial charge in [0.1, 0.15) is 0 Å². The molecule has 0 saturated heterocycles. The molecule has 0 saturated carbocycles. The van der Waals surface area contributed by atoms with Crippen molar-refractivity contribution in [2.24, 2.45) is 5.41 Å². The molecule has 0 radical (unpaired) electrons. The van der Waals surface area contributed by atoms with Crippen LogP contribution in [0.15, 0.2) is 24.3 Å². The van der Waals surface area contributed by atoms with E-state index in [4.69, 9.17) is 0 Å². The summed E-state index contributed by atoms with van der Waals surface area (Å²) in [5.74, 6) is 0.167. The zero-order valence-electron chi connectivity index (χ0n) is 10.0. The number of allylic oxidation sites excluding steroid dienone is 4. The van der Waals surface area contributed by atoms with Crippen molar-refractivity contribution in [2.75, 3.05) is 0 Å². The molecule has 0 heterocycles. The summed E-state index contributed by atoms with van der Waals surface area (Å²) < 4.78 is 0. The Morgan fingerprint density at radius 1 is 1.07 bits per heavy atom. The van der Waals surface area contributed by atoms with Crippen LogP contribution in [0.4, 0.5) is 0 Å². The summed E-state index contributed by atoms with van der Waals surface area (Å²) in [6.07, 6.45) is 7.58. The van der Waals surface area contributed by atoms with E-state index in [0.717, 1.165) is 6.42 Å². The molecule has 0 amide bonds. The van der Waals surface area contributed by atoms with Crippen molar-refractivity contribution >= 4 is 11.6 Å². The highest BCUT2D eigenvalue weighted by Crippen LogP contribution is 2.21. The van der Waals surface area contributed by atoms with E-state index >= 15 is 0 Å². The lowest BCUT2D eigenvalue weighted by molar-refractivity contribution is -0.122. The van der Waals surface area contributed by atoms with Crippen LogP contribution in [0.2, 0.25) is 0 Å². The molecule has 0 unspecified atom stereocenters. The average molecular weight is 208 g/mol. The van der Waals surface area contributed by atoms with Crippen LogP contribution in [-0.2, 0) is 9.59 Å². The van der Waals surface area contributed by atoms with Crippen LogP contribution in [0.3, 0.4) is 0 Å². The third-order valence-electron chi connectivity index (χ3n) is 2.54. The Labute approximate surface area is 92.1 Å². The lowest BCUT2D eigenvalue weighted by Crippen LogP contribution is -2.20. The van der Waals surface area contributed by atoms with E-state index in [9.17, 15) is 9.59 Å². The van der Waals surface area contributed by atoms with E-state index in [1.54, 1.807) is 12.2 Å². The normalized spacial score (nSPS) is 12.5. The first kappa shape index (κ1) is 13.8. The molecule has 84 valence electrons. The van der Waals surface area contributed by atoms with Gasteiger partial charge in [-0.05, 0) is 18.6 Å². The largest absolute Gasteiger partial charge is 0.295 e. The maximum absolute atomic E-state index is 11.6. The maximum Gasteiger partial charge on any atom is 0.161 e. The van der Waals surface area contributed by atoms with Gasteiger partial charge in [-0.25, -0.2) is 0 Å². The number of hydrogen-bond acceptors (Lipinski definition) is 2. The molecule has 2 heteroatoms. The van der Waals surface area contributed by atoms with Gasteiger partial charge in [-0.3, -0.25) is 9.59 Å². The molecule has 0 bridgehead atoms. The second kappa shape index (κ2) is 6.33. The van der Waals surface area contributed by atoms with Gasteiger partial charge in [0, 0.05) is 11.8 Å². The Kier molecular flexibility index (Phi) is 5.83. The molecule has 0 aliphatic carbocycles. The number of ketones is 2. The van der Waals surface area contributed by atoms with Crippen molar-refractivity contribution in [1.82, 2.24) is 0 Å². The number of carbonyl (C=O) groups excluding carboxylic acids is 2. The molecular weight excluding hydrogens is 188 g/mol. The highest BCUT2D eigenvalue weighted by Gasteiger charge is 2.21. The van der Waals surface area contributed by atoms with Gasteiger partial charge in [0.2, 0.25) is 0 Å². The fourth-order valence-corrected chi connectivity index (χ4v) is 0.824. The number of rotatable bonds is 6. The van der Waals surface area contributed by atoms with E-state index in [2.05, 4.69) is 0 Å². The monoisotopic (exact) mass is 208 g/mol. The predicted molar refractivity (Wildman–Crippen MR) is 62.7 cm³/mol. The quantitative estimate of drug-likeness (QED) is 0.496. The molecule has 0 aromatic heterocycles. The van der Waals surface area contributed by atoms with Crippen LogP contribution in [0.25, 0.3) is 0 Å². The van der Waals surface area contributed by atoms with Crippen LogP contribution < -0.4 is 0 Å². The Balaban J connectivity index is 4.25. The van der Waals surface area contributed by atoms with Crippen LogP contribution in [0.5, 0.6) is 0 Å². The van der Waals surface area contributed by atoms with Crippen molar-refractivity contribution in [2.45, 2.75) is 40.5 Å². The molecular formula is C13H20O2. The number of hydrogen-bond donors (Lipinski definition) is 0. The van der Waals surface area contributed by atoms with Gasteiger partial charge < -0.3 is 0 Å². The van der Waals surface area contributed by atoms with E-state index in [1.165, 1.54) is 12.2 Å². The van der Waals surface area contributed by atoms with Crippen LogP contribution in [0, 0.1) is 5.41 Å². The topological polar surface area (TPSA) is 34.1 Å². The molecule has 0 aliphatic heterocycles. The first-order chi connectivity index (χ1) is 6.94. The zero-order chi connectivity index (χ0) is 11.9. The molecule has 0 aromatic rings. The minimum absolute atomic E-state index is 0.0712. The van der Waals surface area contributed by atoms with Crippen LogP contribution in [-0.4, -0.2) is 11.6 Å². The molecule has 0 atom stereocenters. The summed E-state index contributed by atoms with van der Waals surface area (Å²) in [6, 6.07) is 0. The fourth-order valence-electron chi connectivity index (χ4n) is 0.824. The minimum atomic E-state index is -0.306. The highest BCUT2D eigenvalue weighted by molar-refractivity contribution is 5.95. The molecule has 15 heavy (non-hydrogen) atoms. The molecule has 0 rings (SSSR count). The first-order valence-corrected chi connectivity index (χ1v) is 5.36. The van der Waals surface area contributed by atoms with Gasteiger partial charge >= 0.3 is 0 Å². The second-order valence-corrected chi connectivity index (χ2v) is 4.14. The smallest absolute Gasteiger partial charge is 0.161 e. The molecule has 0 fully saturated rings. The van der Waals surface area contributed by atoms with E-state index < -0.39 is 0 Å². The molecule has 0 N–H and O–H groups in total. The van der Waals surface area contributed by atoms with Gasteiger partial charge in [0.15, 0.2) is 11.6 Å². The molecule has 2 nitrogen and oxygen atoms in total. The summed E-state index contributed by atoms with van der Waals surface area (Å²) in [6.45, 7) is 7.63. The van der Waals surface area contributed by atoms with E-state index in [0.29, 0.717) is 6.42 Å². The Morgan fingerprint density at radius 3 is 2.07 bits per heavy atom.